The first-order valence-corrected chi connectivity index (χ1v) is 12.3. The monoisotopic (exact) mass is 425 g/mol. The third-order valence-corrected chi connectivity index (χ3v) is 8.01. The van der Waals surface area contributed by atoms with Crippen molar-refractivity contribution in [2.24, 2.45) is 23.2 Å². The highest BCUT2D eigenvalue weighted by Gasteiger charge is 2.54. The molecule has 0 unspecified atom stereocenters. The van der Waals surface area contributed by atoms with Gasteiger partial charge in [-0.2, -0.15) is 0 Å². The van der Waals surface area contributed by atoms with Crippen molar-refractivity contribution in [1.82, 2.24) is 15.5 Å². The highest BCUT2D eigenvalue weighted by Crippen LogP contribution is 2.60. The van der Waals surface area contributed by atoms with E-state index in [0.717, 1.165) is 55.7 Å². The van der Waals surface area contributed by atoms with Gasteiger partial charge in [0.15, 0.2) is 0 Å². The van der Waals surface area contributed by atoms with Crippen LogP contribution < -0.4 is 10.6 Å². The van der Waals surface area contributed by atoms with Gasteiger partial charge in [0, 0.05) is 36.7 Å². The second-order valence-corrected chi connectivity index (χ2v) is 10.6. The van der Waals surface area contributed by atoms with Gasteiger partial charge in [0.2, 0.25) is 5.91 Å². The Morgan fingerprint density at radius 2 is 1.58 bits per heavy atom. The molecule has 0 atom stereocenters. The van der Waals surface area contributed by atoms with Crippen LogP contribution in [0.5, 0.6) is 0 Å². The van der Waals surface area contributed by atoms with Crippen LogP contribution in [0, 0.1) is 23.2 Å². The fraction of sp³-hybridized carbons (Fsp3) is 0.692. The maximum absolute atomic E-state index is 13.1. The zero-order chi connectivity index (χ0) is 22.0. The number of nitrogens with one attached hydrogen (secondary N) is 2. The van der Waals surface area contributed by atoms with E-state index in [1.54, 1.807) is 0 Å². The number of amides is 2. The lowest BCUT2D eigenvalue weighted by atomic mass is 9.49. The maximum atomic E-state index is 13.1. The van der Waals surface area contributed by atoms with Crippen LogP contribution in [0.25, 0.3) is 0 Å². The number of nitrogens with zero attached hydrogens (tertiary/aromatic N) is 1. The lowest BCUT2D eigenvalue weighted by molar-refractivity contribution is -0.146. The number of carbonyl (C=O) groups is 2. The minimum atomic E-state index is -0.100. The van der Waals surface area contributed by atoms with E-state index in [-0.39, 0.29) is 17.2 Å². The molecule has 0 radical (unpaired) electrons. The highest BCUT2D eigenvalue weighted by atomic mass is 16.2. The topological polar surface area (TPSA) is 61.4 Å². The second kappa shape index (κ2) is 9.32. The molecule has 5 nitrogen and oxygen atoms in total. The van der Waals surface area contributed by atoms with Gasteiger partial charge in [-0.05, 0) is 94.4 Å². The van der Waals surface area contributed by atoms with E-state index in [2.05, 4.69) is 36.3 Å². The Bertz CT molecular complexity index is 751. The van der Waals surface area contributed by atoms with Crippen LogP contribution in [-0.2, 0) is 11.3 Å². The van der Waals surface area contributed by atoms with E-state index in [4.69, 9.17) is 0 Å². The maximum Gasteiger partial charge on any atom is 0.251 e. The largest absolute Gasteiger partial charge is 0.352 e. The van der Waals surface area contributed by atoms with E-state index >= 15 is 0 Å². The molecule has 5 heteroatoms. The molecule has 4 bridgehead atoms. The molecule has 4 saturated carbocycles. The van der Waals surface area contributed by atoms with Gasteiger partial charge in [-0.1, -0.05) is 19.1 Å². The molecule has 1 aromatic carbocycles. The molecule has 0 saturated heterocycles. The van der Waals surface area contributed by atoms with Crippen molar-refractivity contribution in [3.8, 4) is 0 Å². The Labute approximate surface area is 187 Å². The second-order valence-electron chi connectivity index (χ2n) is 10.6. The Balaban J connectivity index is 1.25. The molecule has 4 aliphatic carbocycles. The summed E-state index contributed by atoms with van der Waals surface area (Å²) in [5.41, 5.74) is 1.62. The number of hydrogen-bond donors (Lipinski definition) is 2. The minimum Gasteiger partial charge on any atom is -0.352 e. The summed E-state index contributed by atoms with van der Waals surface area (Å²) in [5, 5.41) is 6.24. The lowest BCUT2D eigenvalue weighted by Crippen LogP contribution is -2.53. The predicted octanol–water partition coefficient (Wildman–Crippen LogP) is 3.98. The number of rotatable bonds is 9. The summed E-state index contributed by atoms with van der Waals surface area (Å²) in [7, 11) is 0. The third-order valence-electron chi connectivity index (χ3n) is 8.01. The Morgan fingerprint density at radius 1 is 1.00 bits per heavy atom. The van der Waals surface area contributed by atoms with Crippen LogP contribution in [0.2, 0.25) is 0 Å². The minimum absolute atomic E-state index is 0.0380. The van der Waals surface area contributed by atoms with Crippen LogP contribution in [0.3, 0.4) is 0 Å². The van der Waals surface area contributed by atoms with Crippen molar-refractivity contribution >= 4 is 11.8 Å². The number of benzene rings is 1. The average molecular weight is 426 g/mol. The summed E-state index contributed by atoms with van der Waals surface area (Å²) in [4.78, 5) is 27.9. The van der Waals surface area contributed by atoms with E-state index in [1.807, 2.05) is 24.3 Å². The standard InChI is InChI=1S/C26H39N3O2/c1-4-29(18(2)3)10-9-27-24(30)23-7-5-19(6-8-23)17-28-25(31)26-14-20-11-21(15-26)13-22(12-20)16-26/h5-8,18,20-22H,4,9-17H2,1-3H3,(H,27,30)(H,28,31). The Kier molecular flexibility index (Phi) is 6.71. The predicted molar refractivity (Wildman–Crippen MR) is 124 cm³/mol. The van der Waals surface area contributed by atoms with Gasteiger partial charge in [0.05, 0.1) is 0 Å². The van der Waals surface area contributed by atoms with Crippen molar-refractivity contribution in [2.75, 3.05) is 19.6 Å². The molecule has 1 aromatic rings. The van der Waals surface area contributed by atoms with Gasteiger partial charge in [-0.25, -0.2) is 0 Å². The third kappa shape index (κ3) is 4.97. The summed E-state index contributed by atoms with van der Waals surface area (Å²) in [6.07, 6.45) is 7.33. The summed E-state index contributed by atoms with van der Waals surface area (Å²) in [6, 6.07) is 8.13. The quantitative estimate of drug-likeness (QED) is 0.629. The molecular formula is C26H39N3O2. The first-order valence-electron chi connectivity index (χ1n) is 12.3. The van der Waals surface area contributed by atoms with Crippen molar-refractivity contribution in [1.29, 1.82) is 0 Å². The van der Waals surface area contributed by atoms with Crippen molar-refractivity contribution in [2.45, 2.75) is 71.9 Å². The molecule has 2 amide bonds. The zero-order valence-corrected chi connectivity index (χ0v) is 19.5. The Hall–Kier alpha value is -1.88. The fourth-order valence-electron chi connectivity index (χ4n) is 6.73. The molecule has 4 aliphatic rings. The number of hydrogen-bond acceptors (Lipinski definition) is 3. The molecule has 0 aliphatic heterocycles. The fourth-order valence-corrected chi connectivity index (χ4v) is 6.73. The molecule has 2 N–H and O–H groups in total. The van der Waals surface area contributed by atoms with Crippen molar-refractivity contribution in [3.05, 3.63) is 35.4 Å². The van der Waals surface area contributed by atoms with Gasteiger partial charge in [-0.15, -0.1) is 0 Å². The molecule has 4 fully saturated rings. The molecule has 31 heavy (non-hydrogen) atoms. The zero-order valence-electron chi connectivity index (χ0n) is 19.5. The summed E-state index contributed by atoms with van der Waals surface area (Å²) < 4.78 is 0. The first kappa shape index (κ1) is 22.3. The number of carbonyl (C=O) groups excluding carboxylic acids is 2. The smallest absolute Gasteiger partial charge is 0.251 e. The molecule has 5 rings (SSSR count). The first-order chi connectivity index (χ1) is 14.9. The van der Waals surface area contributed by atoms with Gasteiger partial charge < -0.3 is 10.6 Å². The van der Waals surface area contributed by atoms with Gasteiger partial charge in [0.1, 0.15) is 0 Å². The van der Waals surface area contributed by atoms with Crippen LogP contribution in [0.4, 0.5) is 0 Å². The molecule has 0 aromatic heterocycles. The Morgan fingerprint density at radius 3 is 2.10 bits per heavy atom. The van der Waals surface area contributed by atoms with Crippen molar-refractivity contribution in [3.63, 3.8) is 0 Å². The normalized spacial score (nSPS) is 28.9. The molecule has 0 spiro atoms. The summed E-state index contributed by atoms with van der Waals surface area (Å²) in [6.45, 7) is 9.52. The highest BCUT2D eigenvalue weighted by molar-refractivity contribution is 5.94. The molecular weight excluding hydrogens is 386 g/mol. The van der Waals surface area contributed by atoms with Crippen LogP contribution in [0.15, 0.2) is 24.3 Å². The van der Waals surface area contributed by atoms with E-state index < -0.39 is 0 Å². The number of likely N-dealkylation sites (N-methyl/N-ethyl adjacent to an activating group) is 1. The van der Waals surface area contributed by atoms with Crippen molar-refractivity contribution < 1.29 is 9.59 Å². The summed E-state index contributed by atoms with van der Waals surface area (Å²) in [5.74, 6) is 2.56. The van der Waals surface area contributed by atoms with Gasteiger partial charge in [-0.3, -0.25) is 14.5 Å². The van der Waals surface area contributed by atoms with Gasteiger partial charge >= 0.3 is 0 Å². The van der Waals surface area contributed by atoms with E-state index in [0.29, 0.717) is 24.7 Å². The SMILES string of the molecule is CCN(CCNC(=O)c1ccc(CNC(=O)C23CC4CC(CC(C4)C2)C3)cc1)C(C)C. The molecule has 170 valence electrons. The van der Waals surface area contributed by atoms with Gasteiger partial charge in [0.25, 0.3) is 5.91 Å². The lowest BCUT2D eigenvalue weighted by Gasteiger charge is -2.55. The van der Waals surface area contributed by atoms with E-state index in [1.165, 1.54) is 19.3 Å². The van der Waals surface area contributed by atoms with E-state index in [9.17, 15) is 9.59 Å². The van der Waals surface area contributed by atoms with Crippen LogP contribution >= 0.6 is 0 Å². The molecule has 0 heterocycles. The average Bonchev–Trinajstić information content (AvgIpc) is 2.74. The van der Waals surface area contributed by atoms with Crippen LogP contribution in [0.1, 0.15) is 75.2 Å². The van der Waals surface area contributed by atoms with Crippen LogP contribution in [-0.4, -0.2) is 42.4 Å². The summed E-state index contributed by atoms with van der Waals surface area (Å²) >= 11 is 0.